The van der Waals surface area contributed by atoms with Gasteiger partial charge in [-0.15, -0.1) is 11.3 Å². The Kier molecular flexibility index (Phi) is 5.23. The molecule has 0 saturated heterocycles. The van der Waals surface area contributed by atoms with Crippen LogP contribution in [0.15, 0.2) is 32.5 Å². The summed E-state index contributed by atoms with van der Waals surface area (Å²) in [7, 11) is 0. The number of rotatable bonds is 4. The van der Waals surface area contributed by atoms with E-state index in [1.165, 1.54) is 11.3 Å². The minimum absolute atomic E-state index is 0.147. The minimum Gasteiger partial charge on any atom is -0.492 e. The molecule has 0 bridgehead atoms. The highest BCUT2D eigenvalue weighted by molar-refractivity contribution is 9.13. The summed E-state index contributed by atoms with van der Waals surface area (Å²) >= 11 is 8.14. The van der Waals surface area contributed by atoms with Gasteiger partial charge in [0.2, 0.25) is 0 Å². The molecule has 1 aromatic carbocycles. The fraction of sp³-hybridized carbons (Fsp3) is 0.214. The molecule has 1 N–H and O–H groups in total. The Morgan fingerprint density at radius 1 is 1.35 bits per heavy atom. The maximum Gasteiger partial charge on any atom is 0.265 e. The molecule has 0 aliphatic carbocycles. The molecule has 6 heteroatoms. The van der Waals surface area contributed by atoms with Crippen molar-refractivity contribution in [3.05, 3.63) is 43.0 Å². The summed E-state index contributed by atoms with van der Waals surface area (Å²) < 4.78 is 7.33. The predicted molar refractivity (Wildman–Crippen MR) is 90.0 cm³/mol. The summed E-state index contributed by atoms with van der Waals surface area (Å²) in [6, 6.07) is 7.51. The van der Waals surface area contributed by atoms with E-state index < -0.39 is 0 Å². The second-order valence-corrected chi connectivity index (χ2v) is 7.34. The molecule has 0 aliphatic rings. The molecular weight excluding hydrogens is 406 g/mol. The van der Waals surface area contributed by atoms with Crippen LogP contribution in [-0.4, -0.2) is 12.5 Å². The highest BCUT2D eigenvalue weighted by Gasteiger charge is 2.14. The van der Waals surface area contributed by atoms with Gasteiger partial charge in [-0.05, 0) is 69.5 Å². The second-order valence-electron chi connectivity index (χ2n) is 4.12. The van der Waals surface area contributed by atoms with E-state index in [-0.39, 0.29) is 5.91 Å². The van der Waals surface area contributed by atoms with Gasteiger partial charge in [0.05, 0.1) is 21.0 Å². The standard InChI is InChI=1S/C14H13Br2NO2S/c1-3-19-11-6-8(2)4-5-10(11)17-14(18)12-7-9(15)13(16)20-12/h4-7H,3H2,1-2H3,(H,17,18). The van der Waals surface area contributed by atoms with Crippen molar-refractivity contribution in [3.8, 4) is 5.75 Å². The number of nitrogens with one attached hydrogen (secondary N) is 1. The van der Waals surface area contributed by atoms with Crippen LogP contribution in [0.25, 0.3) is 0 Å². The van der Waals surface area contributed by atoms with Crippen LogP contribution in [0.1, 0.15) is 22.2 Å². The first-order valence-electron chi connectivity index (χ1n) is 6.01. The normalized spacial score (nSPS) is 10.4. The van der Waals surface area contributed by atoms with Crippen molar-refractivity contribution in [3.63, 3.8) is 0 Å². The minimum atomic E-state index is -0.147. The second kappa shape index (κ2) is 6.74. The number of carbonyl (C=O) groups excluding carboxylic acids is 1. The molecule has 20 heavy (non-hydrogen) atoms. The summed E-state index contributed by atoms with van der Waals surface area (Å²) in [5.41, 5.74) is 1.77. The average Bonchev–Trinajstić information content (AvgIpc) is 2.73. The Bertz CT molecular complexity index is 621. The number of anilines is 1. The monoisotopic (exact) mass is 417 g/mol. The van der Waals surface area contributed by atoms with Gasteiger partial charge in [-0.2, -0.15) is 0 Å². The van der Waals surface area contributed by atoms with Gasteiger partial charge in [-0.1, -0.05) is 6.07 Å². The fourth-order valence-corrected chi connectivity index (χ4v) is 3.58. The lowest BCUT2D eigenvalue weighted by Crippen LogP contribution is -2.11. The molecule has 2 aromatic rings. The zero-order valence-corrected chi connectivity index (χ0v) is 15.0. The Hall–Kier alpha value is -0.850. The lowest BCUT2D eigenvalue weighted by Gasteiger charge is -2.11. The van der Waals surface area contributed by atoms with Crippen LogP contribution in [0.2, 0.25) is 0 Å². The van der Waals surface area contributed by atoms with Gasteiger partial charge >= 0.3 is 0 Å². The molecule has 0 radical (unpaired) electrons. The fourth-order valence-electron chi connectivity index (χ4n) is 1.65. The van der Waals surface area contributed by atoms with E-state index >= 15 is 0 Å². The number of ether oxygens (including phenoxy) is 1. The molecule has 2 rings (SSSR count). The van der Waals surface area contributed by atoms with Crippen molar-refractivity contribution in [2.24, 2.45) is 0 Å². The summed E-state index contributed by atoms with van der Waals surface area (Å²) in [5.74, 6) is 0.543. The number of benzene rings is 1. The Morgan fingerprint density at radius 3 is 2.70 bits per heavy atom. The van der Waals surface area contributed by atoms with Gasteiger partial charge < -0.3 is 10.1 Å². The van der Waals surface area contributed by atoms with E-state index in [0.29, 0.717) is 22.9 Å². The maximum absolute atomic E-state index is 12.2. The quantitative estimate of drug-likeness (QED) is 0.737. The van der Waals surface area contributed by atoms with Gasteiger partial charge in [0.1, 0.15) is 5.75 Å². The Balaban J connectivity index is 2.23. The van der Waals surface area contributed by atoms with Gasteiger partial charge in [0, 0.05) is 4.47 Å². The zero-order chi connectivity index (χ0) is 14.7. The summed E-state index contributed by atoms with van der Waals surface area (Å²) in [4.78, 5) is 12.9. The molecule has 0 spiro atoms. The molecule has 3 nitrogen and oxygen atoms in total. The SMILES string of the molecule is CCOc1cc(C)ccc1NC(=O)c1cc(Br)c(Br)s1. The van der Waals surface area contributed by atoms with E-state index in [2.05, 4.69) is 37.2 Å². The van der Waals surface area contributed by atoms with Crippen molar-refractivity contribution >= 4 is 54.8 Å². The van der Waals surface area contributed by atoms with Crippen LogP contribution in [0.4, 0.5) is 5.69 Å². The van der Waals surface area contributed by atoms with Crippen molar-refractivity contribution in [2.75, 3.05) is 11.9 Å². The average molecular weight is 419 g/mol. The first-order chi connectivity index (χ1) is 9.51. The number of amides is 1. The molecule has 1 aromatic heterocycles. The third-order valence-electron chi connectivity index (χ3n) is 2.55. The number of halogens is 2. The number of hydrogen-bond acceptors (Lipinski definition) is 3. The molecule has 0 saturated carbocycles. The molecule has 0 fully saturated rings. The van der Waals surface area contributed by atoms with Gasteiger partial charge in [0.15, 0.2) is 0 Å². The molecular formula is C14H13Br2NO2S. The summed E-state index contributed by atoms with van der Waals surface area (Å²) in [6.07, 6.45) is 0. The van der Waals surface area contributed by atoms with Crippen LogP contribution in [0.5, 0.6) is 5.75 Å². The molecule has 1 heterocycles. The first-order valence-corrected chi connectivity index (χ1v) is 8.41. The number of carbonyl (C=O) groups is 1. The van der Waals surface area contributed by atoms with Crippen molar-refractivity contribution < 1.29 is 9.53 Å². The lowest BCUT2D eigenvalue weighted by molar-refractivity contribution is 0.103. The first kappa shape index (κ1) is 15.5. The van der Waals surface area contributed by atoms with Crippen LogP contribution in [-0.2, 0) is 0 Å². The number of thiophene rings is 1. The van der Waals surface area contributed by atoms with Crippen LogP contribution in [0.3, 0.4) is 0 Å². The van der Waals surface area contributed by atoms with Gasteiger partial charge in [-0.25, -0.2) is 0 Å². The van der Waals surface area contributed by atoms with Crippen LogP contribution >= 0.6 is 43.2 Å². The van der Waals surface area contributed by atoms with Crippen molar-refractivity contribution in [1.82, 2.24) is 0 Å². The Morgan fingerprint density at radius 2 is 2.10 bits per heavy atom. The van der Waals surface area contributed by atoms with E-state index in [1.54, 1.807) is 6.07 Å². The van der Waals surface area contributed by atoms with Crippen molar-refractivity contribution in [2.45, 2.75) is 13.8 Å². The Labute approximate surface area is 138 Å². The smallest absolute Gasteiger partial charge is 0.265 e. The van der Waals surface area contributed by atoms with Gasteiger partial charge in [-0.3, -0.25) is 4.79 Å². The van der Waals surface area contributed by atoms with E-state index in [1.807, 2.05) is 32.0 Å². The summed E-state index contributed by atoms with van der Waals surface area (Å²) in [6.45, 7) is 4.46. The zero-order valence-electron chi connectivity index (χ0n) is 11.0. The van der Waals surface area contributed by atoms with Gasteiger partial charge in [0.25, 0.3) is 5.91 Å². The molecule has 0 aliphatic heterocycles. The lowest BCUT2D eigenvalue weighted by atomic mass is 10.2. The third-order valence-corrected chi connectivity index (χ3v) is 5.81. The topological polar surface area (TPSA) is 38.3 Å². The van der Waals surface area contributed by atoms with E-state index in [0.717, 1.165) is 13.8 Å². The van der Waals surface area contributed by atoms with Crippen molar-refractivity contribution in [1.29, 1.82) is 0 Å². The largest absolute Gasteiger partial charge is 0.492 e. The predicted octanol–water partition coefficient (Wildman–Crippen LogP) is 5.23. The molecule has 0 atom stereocenters. The molecule has 0 unspecified atom stereocenters. The molecule has 1 amide bonds. The molecule has 106 valence electrons. The number of aryl methyl sites for hydroxylation is 1. The highest BCUT2D eigenvalue weighted by Crippen LogP contribution is 2.33. The maximum atomic E-state index is 12.2. The number of hydrogen-bond donors (Lipinski definition) is 1. The highest BCUT2D eigenvalue weighted by atomic mass is 79.9. The third kappa shape index (κ3) is 3.62. The van der Waals surface area contributed by atoms with Crippen LogP contribution < -0.4 is 10.1 Å². The van der Waals surface area contributed by atoms with E-state index in [9.17, 15) is 4.79 Å². The summed E-state index contributed by atoms with van der Waals surface area (Å²) in [5, 5.41) is 2.88. The van der Waals surface area contributed by atoms with Crippen LogP contribution in [0, 0.1) is 6.92 Å². The van der Waals surface area contributed by atoms with E-state index in [4.69, 9.17) is 4.74 Å².